The van der Waals surface area contributed by atoms with Crippen LogP contribution in [0.4, 0.5) is 5.69 Å². The number of amides is 1. The Kier molecular flexibility index (Phi) is 5.41. The van der Waals surface area contributed by atoms with Gasteiger partial charge in [-0.2, -0.15) is 0 Å². The van der Waals surface area contributed by atoms with E-state index >= 15 is 0 Å². The third-order valence-electron chi connectivity index (χ3n) is 4.74. The Bertz CT molecular complexity index is 1250. The van der Waals surface area contributed by atoms with Gasteiger partial charge < -0.3 is 10.4 Å². The zero-order chi connectivity index (χ0) is 21.1. The van der Waals surface area contributed by atoms with Gasteiger partial charge in [-0.3, -0.25) is 4.79 Å². The number of para-hydroxylation sites is 1. The van der Waals surface area contributed by atoms with Crippen molar-refractivity contribution in [3.63, 3.8) is 0 Å². The maximum absolute atomic E-state index is 12.4. The molecule has 6 heteroatoms. The van der Waals surface area contributed by atoms with Gasteiger partial charge in [0.2, 0.25) is 5.91 Å². The maximum Gasteiger partial charge on any atom is 0.337 e. The molecule has 1 heterocycles. The second kappa shape index (κ2) is 8.30. The van der Waals surface area contributed by atoms with Crippen molar-refractivity contribution in [2.45, 2.75) is 6.42 Å². The third-order valence-corrected chi connectivity index (χ3v) is 5.05. The fourth-order valence-corrected chi connectivity index (χ4v) is 3.46. The summed E-state index contributed by atoms with van der Waals surface area (Å²) in [5.41, 5.74) is 3.89. The Morgan fingerprint density at radius 2 is 1.70 bits per heavy atom. The van der Waals surface area contributed by atoms with Crippen molar-refractivity contribution in [3.05, 3.63) is 90.0 Å². The monoisotopic (exact) mass is 409 g/mol. The predicted octanol–water partition coefficient (Wildman–Crippen LogP) is 3.58. The van der Waals surface area contributed by atoms with Crippen molar-refractivity contribution in [1.82, 2.24) is 4.98 Å². The Labute approximate surface area is 176 Å². The topological polar surface area (TPSA) is 79.3 Å². The second-order valence-corrected chi connectivity index (χ2v) is 7.45. The first-order chi connectivity index (χ1) is 14.5. The van der Waals surface area contributed by atoms with Gasteiger partial charge in [-0.1, -0.05) is 59.8 Å². The van der Waals surface area contributed by atoms with E-state index < -0.39 is 5.97 Å². The van der Waals surface area contributed by atoms with Crippen molar-refractivity contribution in [1.29, 1.82) is 0 Å². The molecule has 4 rings (SSSR count). The molecule has 0 fully saturated rings. The molecule has 0 spiro atoms. The first-order valence-electron chi connectivity index (χ1n) is 9.33. The third kappa shape index (κ3) is 4.29. The summed E-state index contributed by atoms with van der Waals surface area (Å²) in [4.78, 5) is 28.5. The molecule has 4 aromatic rings. The number of carbonyl (C=O) groups excluding carboxylic acids is 1. The molecule has 0 unspecified atom stereocenters. The van der Waals surface area contributed by atoms with Crippen LogP contribution in [0.25, 0.3) is 22.2 Å². The van der Waals surface area contributed by atoms with E-state index in [-0.39, 0.29) is 23.6 Å². The molecule has 145 valence electrons. The first kappa shape index (κ1) is 19.5. The molecule has 5 nitrogen and oxygen atoms in total. The number of aromatic nitrogens is 1. The summed E-state index contributed by atoms with van der Waals surface area (Å²) in [6, 6.07) is 24.2. The minimum atomic E-state index is -1.09. The van der Waals surface area contributed by atoms with E-state index in [4.69, 9.17) is 0 Å². The average Bonchev–Trinajstić information content (AvgIpc) is 2.73. The van der Waals surface area contributed by atoms with Crippen LogP contribution in [0.15, 0.2) is 78.9 Å². The zero-order valence-electron chi connectivity index (χ0n) is 15.9. The van der Waals surface area contributed by atoms with E-state index in [0.29, 0.717) is 5.19 Å². The molecule has 0 aliphatic carbocycles. The van der Waals surface area contributed by atoms with E-state index in [1.807, 2.05) is 60.7 Å². The standard InChI is InChI=1S/C24H17N2O3Si/c27-23(26-22-14-18(30)10-11-19(22)24(28)29)13-15-5-7-17(8-6-15)21-12-9-16-3-1-2-4-20(16)25-21/h1-12,14H,13H2,(H,26,27)(H,28,29). The van der Waals surface area contributed by atoms with Crippen molar-refractivity contribution in [2.75, 3.05) is 5.32 Å². The van der Waals surface area contributed by atoms with Crippen LogP contribution in [0.5, 0.6) is 0 Å². The highest BCUT2D eigenvalue weighted by Crippen LogP contribution is 2.22. The molecule has 1 aromatic heterocycles. The molecular formula is C24H17N2O3Si. The molecule has 30 heavy (non-hydrogen) atoms. The molecule has 3 radical (unpaired) electrons. The largest absolute Gasteiger partial charge is 0.478 e. The molecule has 0 atom stereocenters. The molecule has 1 amide bonds. The Morgan fingerprint density at radius 3 is 2.47 bits per heavy atom. The lowest BCUT2D eigenvalue weighted by atomic mass is 10.1. The number of carbonyl (C=O) groups is 2. The van der Waals surface area contributed by atoms with Crippen molar-refractivity contribution in [3.8, 4) is 11.3 Å². The SMILES string of the molecule is O=C(Cc1ccc(-c2ccc3ccccc3n2)cc1)Nc1cc([Si])ccc1C(=O)O. The summed E-state index contributed by atoms with van der Waals surface area (Å²) < 4.78 is 0. The summed E-state index contributed by atoms with van der Waals surface area (Å²) >= 11 is 0. The number of hydrogen-bond donors (Lipinski definition) is 2. The van der Waals surface area contributed by atoms with Gasteiger partial charge in [0.25, 0.3) is 0 Å². The van der Waals surface area contributed by atoms with Crippen LogP contribution in [0.3, 0.4) is 0 Å². The van der Waals surface area contributed by atoms with Crippen molar-refractivity contribution < 1.29 is 14.7 Å². The number of carboxylic acids is 1. The lowest BCUT2D eigenvalue weighted by Gasteiger charge is -2.10. The number of carboxylic acid groups (broad SMARTS) is 1. The molecule has 3 aromatic carbocycles. The quantitative estimate of drug-likeness (QED) is 0.494. The van der Waals surface area contributed by atoms with Crippen LogP contribution in [0, 0.1) is 0 Å². The summed E-state index contributed by atoms with van der Waals surface area (Å²) in [6.45, 7) is 0. The Morgan fingerprint density at radius 1 is 0.933 bits per heavy atom. The molecule has 2 N–H and O–H groups in total. The minimum Gasteiger partial charge on any atom is -0.478 e. The first-order valence-corrected chi connectivity index (χ1v) is 9.83. The molecule has 0 aliphatic heterocycles. The molecule has 0 aliphatic rings. The number of benzene rings is 3. The van der Waals surface area contributed by atoms with Crippen LogP contribution in [-0.2, 0) is 11.2 Å². The van der Waals surface area contributed by atoms with Crippen LogP contribution in [0.2, 0.25) is 0 Å². The molecular weight excluding hydrogens is 392 g/mol. The fraction of sp³-hybridized carbons (Fsp3) is 0.0417. The minimum absolute atomic E-state index is 0.0445. The maximum atomic E-state index is 12.4. The Hall–Kier alpha value is -3.77. The number of fused-ring (bicyclic) bond motifs is 1. The van der Waals surface area contributed by atoms with E-state index in [1.165, 1.54) is 6.07 Å². The second-order valence-electron chi connectivity index (χ2n) is 6.88. The normalized spacial score (nSPS) is 10.7. The van der Waals surface area contributed by atoms with Gasteiger partial charge in [0.05, 0.1) is 39.1 Å². The van der Waals surface area contributed by atoms with Gasteiger partial charge in [0, 0.05) is 10.9 Å². The fourth-order valence-electron chi connectivity index (χ4n) is 3.23. The number of nitrogens with zero attached hydrogens (tertiary/aromatic N) is 1. The van der Waals surface area contributed by atoms with Gasteiger partial charge in [-0.25, -0.2) is 9.78 Å². The summed E-state index contributed by atoms with van der Waals surface area (Å²) in [6.07, 6.45) is 0.135. The van der Waals surface area contributed by atoms with Crippen LogP contribution < -0.4 is 10.5 Å². The van der Waals surface area contributed by atoms with E-state index in [9.17, 15) is 14.7 Å². The van der Waals surface area contributed by atoms with Gasteiger partial charge >= 0.3 is 5.97 Å². The van der Waals surface area contributed by atoms with Crippen LogP contribution >= 0.6 is 0 Å². The van der Waals surface area contributed by atoms with Crippen LogP contribution in [0.1, 0.15) is 15.9 Å². The number of aromatic carboxylic acids is 1. The van der Waals surface area contributed by atoms with E-state index in [0.717, 1.165) is 27.7 Å². The molecule has 0 saturated carbocycles. The van der Waals surface area contributed by atoms with Gasteiger partial charge in [0.15, 0.2) is 0 Å². The number of hydrogen-bond acceptors (Lipinski definition) is 3. The van der Waals surface area contributed by atoms with Gasteiger partial charge in [0.1, 0.15) is 0 Å². The highest BCUT2D eigenvalue weighted by molar-refractivity contribution is 6.33. The van der Waals surface area contributed by atoms with Crippen LogP contribution in [-0.4, -0.2) is 32.2 Å². The summed E-state index contributed by atoms with van der Waals surface area (Å²) in [5.74, 6) is -1.38. The number of anilines is 1. The van der Waals surface area contributed by atoms with Gasteiger partial charge in [-0.05, 0) is 29.8 Å². The molecule has 0 saturated heterocycles. The predicted molar refractivity (Wildman–Crippen MR) is 118 cm³/mol. The Balaban J connectivity index is 1.49. The average molecular weight is 409 g/mol. The highest BCUT2D eigenvalue weighted by Gasteiger charge is 2.13. The number of nitrogens with one attached hydrogen (secondary N) is 1. The van der Waals surface area contributed by atoms with Gasteiger partial charge in [-0.15, -0.1) is 0 Å². The summed E-state index contributed by atoms with van der Waals surface area (Å²) in [5, 5.41) is 13.7. The smallest absolute Gasteiger partial charge is 0.337 e. The van der Waals surface area contributed by atoms with Crippen molar-refractivity contribution in [2.24, 2.45) is 0 Å². The van der Waals surface area contributed by atoms with E-state index in [2.05, 4.69) is 20.5 Å². The number of rotatable bonds is 5. The molecule has 0 bridgehead atoms. The van der Waals surface area contributed by atoms with E-state index in [1.54, 1.807) is 12.1 Å². The lowest BCUT2D eigenvalue weighted by Crippen LogP contribution is -2.18. The zero-order valence-corrected chi connectivity index (χ0v) is 16.9. The highest BCUT2D eigenvalue weighted by atomic mass is 28.1. The number of pyridine rings is 1. The lowest BCUT2D eigenvalue weighted by molar-refractivity contribution is -0.115. The summed E-state index contributed by atoms with van der Waals surface area (Å²) in [7, 11) is 3.35. The van der Waals surface area contributed by atoms with Crippen molar-refractivity contribution >= 4 is 43.9 Å².